The van der Waals surface area contributed by atoms with Gasteiger partial charge in [0.15, 0.2) is 10.4 Å². The zero-order valence-electron chi connectivity index (χ0n) is 14.7. The van der Waals surface area contributed by atoms with Gasteiger partial charge < -0.3 is 4.74 Å². The lowest BCUT2D eigenvalue weighted by atomic mass is 9.91. The van der Waals surface area contributed by atoms with E-state index in [-0.39, 0.29) is 5.91 Å². The van der Waals surface area contributed by atoms with Gasteiger partial charge in [-0.25, -0.2) is 0 Å². The highest BCUT2D eigenvalue weighted by atomic mass is 32.2. The summed E-state index contributed by atoms with van der Waals surface area (Å²) in [5.74, 6) is 0.624. The number of fused-ring (bicyclic) bond motifs is 1. The van der Waals surface area contributed by atoms with Crippen LogP contribution < -0.4 is 10.1 Å². The Morgan fingerprint density at radius 1 is 1.24 bits per heavy atom. The van der Waals surface area contributed by atoms with E-state index >= 15 is 0 Å². The maximum atomic E-state index is 12.4. The molecule has 0 radical (unpaired) electrons. The molecule has 1 aromatic heterocycles. The summed E-state index contributed by atoms with van der Waals surface area (Å²) in [7, 11) is 0. The summed E-state index contributed by atoms with van der Waals surface area (Å²) in [5.41, 5.74) is 2.59. The largest absolute Gasteiger partial charge is 0.481 e. The molecule has 1 heterocycles. The standard InChI is InChI=1S/C18H23N3O2S2/c1-11(2)24-18-21-20-17(25-18)19-16(22)12(3)23-15-10-6-8-13-7-4-5-9-14(13)15/h6,8,10-12H,4-5,7,9H2,1-3H3,(H,19,20,22)/t12-/m0/s1. The molecular formula is C18H23N3O2S2. The van der Waals surface area contributed by atoms with Crippen LogP contribution in [0.2, 0.25) is 0 Å². The molecule has 0 aliphatic heterocycles. The lowest BCUT2D eigenvalue weighted by Gasteiger charge is -2.21. The second-order valence-electron chi connectivity index (χ2n) is 6.39. The summed E-state index contributed by atoms with van der Waals surface area (Å²) in [6.45, 7) is 5.96. The van der Waals surface area contributed by atoms with Crippen LogP contribution in [-0.2, 0) is 17.6 Å². The quantitative estimate of drug-likeness (QED) is 0.600. The van der Waals surface area contributed by atoms with Crippen LogP contribution in [0.15, 0.2) is 22.5 Å². The molecule has 2 aromatic rings. The molecule has 0 saturated heterocycles. The average molecular weight is 378 g/mol. The summed E-state index contributed by atoms with van der Waals surface area (Å²) in [5, 5.41) is 11.9. The van der Waals surface area contributed by atoms with E-state index in [1.54, 1.807) is 18.7 Å². The number of nitrogens with zero attached hydrogens (tertiary/aromatic N) is 2. The fourth-order valence-electron chi connectivity index (χ4n) is 2.82. The summed E-state index contributed by atoms with van der Waals surface area (Å²) in [6.07, 6.45) is 3.92. The van der Waals surface area contributed by atoms with E-state index in [2.05, 4.69) is 35.4 Å². The molecule has 1 N–H and O–H groups in total. The van der Waals surface area contributed by atoms with Crippen molar-refractivity contribution in [1.82, 2.24) is 10.2 Å². The fourth-order valence-corrected chi connectivity index (χ4v) is 4.80. The zero-order valence-corrected chi connectivity index (χ0v) is 16.4. The zero-order chi connectivity index (χ0) is 17.8. The average Bonchev–Trinajstić information content (AvgIpc) is 3.01. The summed E-state index contributed by atoms with van der Waals surface area (Å²) in [4.78, 5) is 12.4. The van der Waals surface area contributed by atoms with Gasteiger partial charge in [0.2, 0.25) is 5.13 Å². The molecule has 1 amide bonds. The highest BCUT2D eigenvalue weighted by molar-refractivity contribution is 8.01. The number of hydrogen-bond donors (Lipinski definition) is 1. The van der Waals surface area contributed by atoms with Gasteiger partial charge in [-0.2, -0.15) is 0 Å². The fraction of sp³-hybridized carbons (Fsp3) is 0.500. The van der Waals surface area contributed by atoms with Crippen molar-refractivity contribution in [2.75, 3.05) is 5.32 Å². The Hall–Kier alpha value is -1.60. The van der Waals surface area contributed by atoms with E-state index in [9.17, 15) is 4.79 Å². The van der Waals surface area contributed by atoms with Gasteiger partial charge in [0, 0.05) is 5.25 Å². The lowest BCUT2D eigenvalue weighted by molar-refractivity contribution is -0.122. The first-order valence-electron chi connectivity index (χ1n) is 8.61. The van der Waals surface area contributed by atoms with Gasteiger partial charge in [-0.05, 0) is 49.8 Å². The number of ether oxygens (including phenoxy) is 1. The molecule has 0 spiro atoms. The number of anilines is 1. The molecule has 0 bridgehead atoms. The number of carbonyl (C=O) groups excluding carboxylic acids is 1. The van der Waals surface area contributed by atoms with Crippen molar-refractivity contribution in [1.29, 1.82) is 0 Å². The Kier molecular flexibility index (Phi) is 5.96. The van der Waals surface area contributed by atoms with Gasteiger partial charge in [0.1, 0.15) is 5.75 Å². The Labute approximate surface area is 156 Å². The van der Waals surface area contributed by atoms with Crippen molar-refractivity contribution >= 4 is 34.1 Å². The topological polar surface area (TPSA) is 64.1 Å². The number of thioether (sulfide) groups is 1. The first-order valence-corrected chi connectivity index (χ1v) is 10.3. The number of nitrogens with one attached hydrogen (secondary N) is 1. The molecule has 3 rings (SSSR count). The minimum Gasteiger partial charge on any atom is -0.481 e. The van der Waals surface area contributed by atoms with Crippen LogP contribution in [0.4, 0.5) is 5.13 Å². The summed E-state index contributed by atoms with van der Waals surface area (Å²) < 4.78 is 6.81. The van der Waals surface area contributed by atoms with Crippen LogP contribution in [0.25, 0.3) is 0 Å². The number of carbonyl (C=O) groups is 1. The smallest absolute Gasteiger partial charge is 0.266 e. The van der Waals surface area contributed by atoms with Crippen molar-refractivity contribution < 1.29 is 9.53 Å². The molecule has 0 fully saturated rings. The highest BCUT2D eigenvalue weighted by Crippen LogP contribution is 2.31. The van der Waals surface area contributed by atoms with Crippen molar-refractivity contribution in [3.8, 4) is 5.75 Å². The van der Waals surface area contributed by atoms with E-state index in [1.165, 1.54) is 35.3 Å². The molecule has 134 valence electrons. The van der Waals surface area contributed by atoms with E-state index in [4.69, 9.17) is 4.74 Å². The molecule has 1 atom stereocenters. The van der Waals surface area contributed by atoms with Crippen molar-refractivity contribution in [2.24, 2.45) is 0 Å². The predicted octanol–water partition coefficient (Wildman–Crippen LogP) is 4.32. The number of hydrogen-bond acceptors (Lipinski definition) is 6. The molecule has 1 aliphatic carbocycles. The van der Waals surface area contributed by atoms with E-state index in [0.29, 0.717) is 10.4 Å². The molecule has 1 aromatic carbocycles. The number of amides is 1. The number of aromatic nitrogens is 2. The molecule has 0 saturated carbocycles. The monoisotopic (exact) mass is 377 g/mol. The Morgan fingerprint density at radius 3 is 2.84 bits per heavy atom. The van der Waals surface area contributed by atoms with Gasteiger partial charge in [0.25, 0.3) is 5.91 Å². The van der Waals surface area contributed by atoms with E-state index < -0.39 is 6.10 Å². The van der Waals surface area contributed by atoms with Crippen LogP contribution in [0.1, 0.15) is 44.7 Å². The third kappa shape index (κ3) is 4.73. The van der Waals surface area contributed by atoms with Crippen LogP contribution in [-0.4, -0.2) is 27.5 Å². The lowest BCUT2D eigenvalue weighted by Crippen LogP contribution is -2.30. The highest BCUT2D eigenvalue weighted by Gasteiger charge is 2.20. The van der Waals surface area contributed by atoms with Gasteiger partial charge in [-0.1, -0.05) is 49.1 Å². The first kappa shape index (κ1) is 18.2. The SMILES string of the molecule is CC(C)Sc1nnc(NC(=O)[C@H](C)Oc2cccc3c2CCCC3)s1. The third-order valence-electron chi connectivity index (χ3n) is 4.00. The molecule has 5 nitrogen and oxygen atoms in total. The third-order valence-corrected chi connectivity index (χ3v) is 5.93. The Balaban J connectivity index is 1.62. The summed E-state index contributed by atoms with van der Waals surface area (Å²) >= 11 is 3.02. The van der Waals surface area contributed by atoms with Crippen LogP contribution in [0, 0.1) is 0 Å². The Morgan fingerprint density at radius 2 is 2.04 bits per heavy atom. The van der Waals surface area contributed by atoms with Gasteiger partial charge in [-0.15, -0.1) is 10.2 Å². The minimum atomic E-state index is -0.585. The molecule has 25 heavy (non-hydrogen) atoms. The van der Waals surface area contributed by atoms with Gasteiger partial charge in [0.05, 0.1) is 0 Å². The normalized spacial score (nSPS) is 14.9. The molecule has 7 heteroatoms. The number of rotatable bonds is 6. The first-order chi connectivity index (χ1) is 12.0. The minimum absolute atomic E-state index is 0.203. The van der Waals surface area contributed by atoms with E-state index in [1.807, 2.05) is 12.1 Å². The maximum Gasteiger partial charge on any atom is 0.266 e. The van der Waals surface area contributed by atoms with Crippen LogP contribution >= 0.6 is 23.1 Å². The Bertz CT molecular complexity index is 746. The van der Waals surface area contributed by atoms with E-state index in [0.717, 1.165) is 22.9 Å². The number of benzene rings is 1. The second kappa shape index (κ2) is 8.19. The maximum absolute atomic E-state index is 12.4. The summed E-state index contributed by atoms with van der Waals surface area (Å²) in [6, 6.07) is 6.11. The molecule has 0 unspecified atom stereocenters. The van der Waals surface area contributed by atoms with Crippen LogP contribution in [0.5, 0.6) is 5.75 Å². The van der Waals surface area contributed by atoms with Gasteiger partial charge in [-0.3, -0.25) is 10.1 Å². The molecular weight excluding hydrogens is 354 g/mol. The van der Waals surface area contributed by atoms with Crippen molar-refractivity contribution in [3.05, 3.63) is 29.3 Å². The van der Waals surface area contributed by atoms with Crippen LogP contribution in [0.3, 0.4) is 0 Å². The van der Waals surface area contributed by atoms with Crippen molar-refractivity contribution in [3.63, 3.8) is 0 Å². The second-order valence-corrected chi connectivity index (χ2v) is 9.19. The molecule has 1 aliphatic rings. The van der Waals surface area contributed by atoms with Crippen molar-refractivity contribution in [2.45, 2.75) is 62.1 Å². The van der Waals surface area contributed by atoms with Gasteiger partial charge >= 0.3 is 0 Å². The predicted molar refractivity (Wildman–Crippen MR) is 103 cm³/mol. The number of aryl methyl sites for hydroxylation is 1.